The van der Waals surface area contributed by atoms with E-state index in [9.17, 15) is 17.6 Å². The van der Waals surface area contributed by atoms with Crippen LogP contribution < -0.4 is 5.32 Å². The van der Waals surface area contributed by atoms with Crippen molar-refractivity contribution in [3.63, 3.8) is 0 Å². The van der Waals surface area contributed by atoms with Gasteiger partial charge >= 0.3 is 12.1 Å². The molecule has 0 bridgehead atoms. The fourth-order valence-corrected chi connectivity index (χ4v) is 1.80. The number of carbonyl (C=O) groups is 1. The third-order valence-electron chi connectivity index (χ3n) is 2.77. The molecule has 0 saturated heterocycles. The highest BCUT2D eigenvalue weighted by atomic mass is 19.4. The highest BCUT2D eigenvalue weighted by Crippen LogP contribution is 2.19. The summed E-state index contributed by atoms with van der Waals surface area (Å²) in [4.78, 5) is 8.90. The van der Waals surface area contributed by atoms with E-state index in [0.717, 1.165) is 23.6 Å². The van der Waals surface area contributed by atoms with Gasteiger partial charge in [0.1, 0.15) is 12.1 Å². The minimum Gasteiger partial charge on any atom is -0.475 e. The molecule has 10 heteroatoms. The van der Waals surface area contributed by atoms with E-state index in [1.165, 1.54) is 12.1 Å². The van der Waals surface area contributed by atoms with Crippen LogP contribution in [0.1, 0.15) is 11.4 Å². The third-order valence-corrected chi connectivity index (χ3v) is 2.77. The second-order valence-corrected chi connectivity index (χ2v) is 4.30. The van der Waals surface area contributed by atoms with Crippen molar-refractivity contribution >= 4 is 5.97 Å². The number of nitrogens with zero attached hydrogens (tertiary/aromatic N) is 3. The van der Waals surface area contributed by atoms with Gasteiger partial charge in [0.2, 0.25) is 0 Å². The molecule has 0 amide bonds. The van der Waals surface area contributed by atoms with Crippen LogP contribution >= 0.6 is 0 Å². The molecule has 0 atom stereocenters. The lowest BCUT2D eigenvalue weighted by Crippen LogP contribution is -2.21. The number of benzene rings is 1. The molecule has 0 radical (unpaired) electrons. The van der Waals surface area contributed by atoms with Crippen molar-refractivity contribution in [3.05, 3.63) is 41.7 Å². The SMILES string of the molecule is Fc1ccc2c(c1)-n1cnnc1CNC2.O=C(O)C(F)(F)F. The number of aliphatic carboxylic acids is 1. The number of rotatable bonds is 0. The summed E-state index contributed by atoms with van der Waals surface area (Å²) >= 11 is 0. The van der Waals surface area contributed by atoms with Gasteiger partial charge < -0.3 is 10.4 Å². The summed E-state index contributed by atoms with van der Waals surface area (Å²) < 4.78 is 46.7. The lowest BCUT2D eigenvalue weighted by atomic mass is 10.1. The van der Waals surface area contributed by atoms with E-state index < -0.39 is 12.1 Å². The predicted molar refractivity (Wildman–Crippen MR) is 65.6 cm³/mol. The summed E-state index contributed by atoms with van der Waals surface area (Å²) in [7, 11) is 0. The molecule has 0 aliphatic carbocycles. The normalized spacial score (nSPS) is 13.3. The first-order chi connectivity index (χ1) is 10.3. The highest BCUT2D eigenvalue weighted by molar-refractivity contribution is 5.73. The number of aromatic nitrogens is 3. The monoisotopic (exact) mass is 318 g/mol. The largest absolute Gasteiger partial charge is 0.490 e. The van der Waals surface area contributed by atoms with E-state index in [2.05, 4.69) is 15.5 Å². The molecule has 3 rings (SSSR count). The number of nitrogens with one attached hydrogen (secondary N) is 1. The van der Waals surface area contributed by atoms with Crippen molar-refractivity contribution in [2.75, 3.05) is 0 Å². The minimum absolute atomic E-state index is 0.240. The molecule has 1 aromatic heterocycles. The van der Waals surface area contributed by atoms with Gasteiger partial charge in [-0.3, -0.25) is 4.57 Å². The number of carboxylic acids is 1. The maximum absolute atomic E-state index is 13.2. The zero-order valence-electron chi connectivity index (χ0n) is 10.9. The second-order valence-electron chi connectivity index (χ2n) is 4.30. The maximum Gasteiger partial charge on any atom is 0.490 e. The summed E-state index contributed by atoms with van der Waals surface area (Å²) in [5.41, 5.74) is 1.87. The first-order valence-corrected chi connectivity index (χ1v) is 5.97. The molecule has 6 nitrogen and oxygen atoms in total. The Morgan fingerprint density at radius 3 is 2.64 bits per heavy atom. The third kappa shape index (κ3) is 3.58. The number of alkyl halides is 3. The summed E-state index contributed by atoms with van der Waals surface area (Å²) in [6.07, 6.45) is -3.47. The van der Waals surface area contributed by atoms with Crippen LogP contribution in [-0.2, 0) is 17.9 Å². The van der Waals surface area contributed by atoms with Crippen LogP contribution in [0.25, 0.3) is 5.69 Å². The van der Waals surface area contributed by atoms with E-state index in [0.29, 0.717) is 6.54 Å². The maximum atomic E-state index is 13.2. The Morgan fingerprint density at radius 1 is 1.32 bits per heavy atom. The zero-order valence-corrected chi connectivity index (χ0v) is 10.9. The van der Waals surface area contributed by atoms with Gasteiger partial charge in [-0.15, -0.1) is 10.2 Å². The lowest BCUT2D eigenvalue weighted by molar-refractivity contribution is -0.192. The molecule has 0 unspecified atom stereocenters. The van der Waals surface area contributed by atoms with E-state index >= 15 is 0 Å². The van der Waals surface area contributed by atoms with Gasteiger partial charge in [0.25, 0.3) is 0 Å². The van der Waals surface area contributed by atoms with Crippen molar-refractivity contribution < 1.29 is 27.5 Å². The van der Waals surface area contributed by atoms with Gasteiger partial charge in [0.15, 0.2) is 5.82 Å². The van der Waals surface area contributed by atoms with Crippen molar-refractivity contribution in [2.45, 2.75) is 19.3 Å². The van der Waals surface area contributed by atoms with E-state index in [1.807, 2.05) is 4.57 Å². The molecule has 1 aromatic carbocycles. The molecular weight excluding hydrogens is 308 g/mol. The van der Waals surface area contributed by atoms with E-state index in [4.69, 9.17) is 9.90 Å². The van der Waals surface area contributed by atoms with Gasteiger partial charge in [-0.2, -0.15) is 13.2 Å². The minimum atomic E-state index is -5.08. The number of carboxylic acid groups (broad SMARTS) is 1. The Bertz CT molecular complexity index is 684. The van der Waals surface area contributed by atoms with Crippen LogP contribution in [0.2, 0.25) is 0 Å². The van der Waals surface area contributed by atoms with Crippen molar-refractivity contribution in [2.24, 2.45) is 0 Å². The molecule has 22 heavy (non-hydrogen) atoms. The van der Waals surface area contributed by atoms with Gasteiger partial charge in [0.05, 0.1) is 12.2 Å². The Morgan fingerprint density at radius 2 is 2.00 bits per heavy atom. The molecule has 1 aliphatic rings. The first-order valence-electron chi connectivity index (χ1n) is 5.97. The standard InChI is InChI=1S/C10H9FN4.C2HF3O2/c11-8-2-1-7-4-12-5-10-14-13-6-15(10)9(7)3-8;3-2(4,5)1(6)7/h1-3,6,12H,4-5H2;(H,6,7). The highest BCUT2D eigenvalue weighted by Gasteiger charge is 2.38. The average molecular weight is 318 g/mol. The molecule has 2 heterocycles. The fraction of sp³-hybridized carbons (Fsp3) is 0.250. The molecular formula is C12H10F4N4O2. The second kappa shape index (κ2) is 6.10. The molecule has 0 spiro atoms. The lowest BCUT2D eigenvalue weighted by Gasteiger charge is -2.06. The van der Waals surface area contributed by atoms with Gasteiger partial charge in [0, 0.05) is 6.54 Å². The van der Waals surface area contributed by atoms with Crippen LogP contribution in [0.3, 0.4) is 0 Å². The molecule has 0 saturated carbocycles. The number of hydrogen-bond donors (Lipinski definition) is 2. The van der Waals surface area contributed by atoms with Gasteiger partial charge in [-0.05, 0) is 17.7 Å². The Balaban J connectivity index is 0.000000217. The quantitative estimate of drug-likeness (QED) is 0.722. The summed E-state index contributed by atoms with van der Waals surface area (Å²) in [6.45, 7) is 1.37. The summed E-state index contributed by atoms with van der Waals surface area (Å²) in [5.74, 6) is -2.19. The fourth-order valence-electron chi connectivity index (χ4n) is 1.80. The summed E-state index contributed by atoms with van der Waals surface area (Å²) in [5, 5.41) is 18.1. The van der Waals surface area contributed by atoms with Crippen LogP contribution in [-0.4, -0.2) is 32.0 Å². The van der Waals surface area contributed by atoms with Crippen molar-refractivity contribution in [3.8, 4) is 5.69 Å². The number of halogens is 4. The topological polar surface area (TPSA) is 80.0 Å². The number of fused-ring (bicyclic) bond motifs is 3. The Kier molecular flexibility index (Phi) is 4.40. The van der Waals surface area contributed by atoms with Crippen LogP contribution in [0.5, 0.6) is 0 Å². The predicted octanol–water partition coefficient (Wildman–Crippen LogP) is 1.64. The van der Waals surface area contributed by atoms with E-state index in [-0.39, 0.29) is 5.82 Å². The zero-order chi connectivity index (χ0) is 16.3. The first kappa shape index (κ1) is 15.9. The van der Waals surface area contributed by atoms with E-state index in [1.54, 1.807) is 12.4 Å². The summed E-state index contributed by atoms with van der Waals surface area (Å²) in [6, 6.07) is 4.76. The van der Waals surface area contributed by atoms with Gasteiger partial charge in [-0.25, -0.2) is 9.18 Å². The molecule has 0 fully saturated rings. The van der Waals surface area contributed by atoms with Crippen LogP contribution in [0, 0.1) is 5.82 Å². The smallest absolute Gasteiger partial charge is 0.475 e. The molecule has 118 valence electrons. The van der Waals surface area contributed by atoms with Crippen molar-refractivity contribution in [1.29, 1.82) is 0 Å². The van der Waals surface area contributed by atoms with Gasteiger partial charge in [-0.1, -0.05) is 6.07 Å². The van der Waals surface area contributed by atoms with Crippen LogP contribution in [0.15, 0.2) is 24.5 Å². The van der Waals surface area contributed by atoms with Crippen molar-refractivity contribution in [1.82, 2.24) is 20.1 Å². The van der Waals surface area contributed by atoms with Crippen LogP contribution in [0.4, 0.5) is 17.6 Å². The Labute approximate surface area is 121 Å². The average Bonchev–Trinajstić information content (AvgIpc) is 2.82. The molecule has 2 N–H and O–H groups in total. The molecule has 1 aliphatic heterocycles. The Hall–Kier alpha value is -2.49. The number of hydrogen-bond acceptors (Lipinski definition) is 4. The molecule has 2 aromatic rings.